The molecule has 0 atom stereocenters. The summed E-state index contributed by atoms with van der Waals surface area (Å²) in [6, 6.07) is 8.11. The second kappa shape index (κ2) is 11.4. The zero-order valence-corrected chi connectivity index (χ0v) is 19.8. The first-order valence-electron chi connectivity index (χ1n) is 10.8. The molecule has 1 saturated heterocycles. The quantitative estimate of drug-likeness (QED) is 0.508. The number of sulfonamides is 1. The van der Waals surface area contributed by atoms with Crippen LogP contribution in [-0.2, 0) is 14.8 Å². The van der Waals surface area contributed by atoms with Gasteiger partial charge in [0.1, 0.15) is 5.75 Å². The summed E-state index contributed by atoms with van der Waals surface area (Å²) in [4.78, 5) is 25.2. The van der Waals surface area contributed by atoms with Gasteiger partial charge in [-0.25, -0.2) is 8.42 Å². The van der Waals surface area contributed by atoms with E-state index in [0.717, 1.165) is 19.3 Å². The molecule has 1 fully saturated rings. The van der Waals surface area contributed by atoms with E-state index in [1.807, 2.05) is 18.4 Å². The highest BCUT2D eigenvalue weighted by Crippen LogP contribution is 2.30. The van der Waals surface area contributed by atoms with Crippen LogP contribution in [0.2, 0.25) is 0 Å². The lowest BCUT2D eigenvalue weighted by molar-refractivity contribution is -0.116. The number of hydrogen-bond acceptors (Lipinski definition) is 6. The Labute approximate surface area is 193 Å². The molecule has 1 aliphatic rings. The lowest BCUT2D eigenvalue weighted by Crippen LogP contribution is -2.35. The highest BCUT2D eigenvalue weighted by Gasteiger charge is 2.27. The molecule has 1 aromatic carbocycles. The zero-order valence-electron chi connectivity index (χ0n) is 18.1. The Morgan fingerprint density at radius 1 is 1.16 bits per heavy atom. The molecule has 1 aromatic heterocycles. The summed E-state index contributed by atoms with van der Waals surface area (Å²) in [6.07, 6.45) is 3.37. The molecular weight excluding hydrogens is 450 g/mol. The number of ether oxygens (including phenoxy) is 1. The third-order valence-corrected chi connectivity index (χ3v) is 7.85. The Morgan fingerprint density at radius 3 is 2.62 bits per heavy atom. The fraction of sp³-hybridized carbons (Fsp3) is 0.455. The van der Waals surface area contributed by atoms with Gasteiger partial charge in [-0.05, 0) is 55.8 Å². The van der Waals surface area contributed by atoms with Crippen LogP contribution in [0.15, 0.2) is 40.6 Å². The Balaban J connectivity index is 1.61. The first-order chi connectivity index (χ1) is 15.4. The molecule has 2 N–H and O–H groups in total. The summed E-state index contributed by atoms with van der Waals surface area (Å²) >= 11 is 1.36. The number of nitrogens with zero attached hydrogens (tertiary/aromatic N) is 1. The summed E-state index contributed by atoms with van der Waals surface area (Å²) in [5.74, 6) is -0.0112. The molecule has 0 spiro atoms. The van der Waals surface area contributed by atoms with Crippen molar-refractivity contribution in [2.45, 2.75) is 43.9 Å². The largest absolute Gasteiger partial charge is 0.492 e. The van der Waals surface area contributed by atoms with E-state index in [1.54, 1.807) is 12.1 Å². The fourth-order valence-electron chi connectivity index (χ4n) is 3.46. The Kier molecular flexibility index (Phi) is 8.66. The van der Waals surface area contributed by atoms with Crippen LogP contribution in [0, 0.1) is 0 Å². The number of rotatable bonds is 10. The topological polar surface area (TPSA) is 105 Å². The van der Waals surface area contributed by atoms with E-state index in [9.17, 15) is 18.0 Å². The van der Waals surface area contributed by atoms with Gasteiger partial charge >= 0.3 is 0 Å². The molecular formula is C22H29N3O5S2. The van der Waals surface area contributed by atoms with Crippen LogP contribution < -0.4 is 15.4 Å². The Hall–Kier alpha value is -2.43. The standard InChI is InChI=1S/C22H29N3O5S2/c1-2-30-19-11-10-17(32(28,29)25-13-4-3-5-14-25)16-18(19)24-21(26)9-6-12-23-22(27)20-8-7-15-31-20/h7-8,10-11,15-16H,2-6,9,12-14H2,1H3,(H,23,27)(H,24,26). The maximum atomic E-state index is 13.0. The number of amides is 2. The maximum absolute atomic E-state index is 13.0. The monoisotopic (exact) mass is 479 g/mol. The number of hydrogen-bond donors (Lipinski definition) is 2. The summed E-state index contributed by atoms with van der Waals surface area (Å²) < 4.78 is 33.1. The summed E-state index contributed by atoms with van der Waals surface area (Å²) in [6.45, 7) is 3.59. The van der Waals surface area contributed by atoms with Crippen molar-refractivity contribution in [3.8, 4) is 5.75 Å². The molecule has 2 aromatic rings. The van der Waals surface area contributed by atoms with Gasteiger partial charge in [0.05, 0.1) is 22.1 Å². The second-order valence-corrected chi connectivity index (χ2v) is 10.3. The number of carbonyl (C=O) groups excluding carboxylic acids is 2. The summed E-state index contributed by atoms with van der Waals surface area (Å²) in [5.41, 5.74) is 0.331. The molecule has 2 amide bonds. The van der Waals surface area contributed by atoms with E-state index >= 15 is 0 Å². The van der Waals surface area contributed by atoms with Crippen molar-refractivity contribution in [2.24, 2.45) is 0 Å². The third-order valence-electron chi connectivity index (χ3n) is 5.09. The van der Waals surface area contributed by atoms with Crippen molar-refractivity contribution in [3.05, 3.63) is 40.6 Å². The molecule has 10 heteroatoms. The molecule has 1 aliphatic heterocycles. The van der Waals surface area contributed by atoms with Crippen molar-refractivity contribution >= 4 is 38.9 Å². The molecule has 8 nitrogen and oxygen atoms in total. The lowest BCUT2D eigenvalue weighted by Gasteiger charge is -2.26. The number of thiophene rings is 1. The molecule has 3 rings (SSSR count). The molecule has 0 radical (unpaired) electrons. The average molecular weight is 480 g/mol. The second-order valence-electron chi connectivity index (χ2n) is 7.44. The van der Waals surface area contributed by atoms with Gasteiger partial charge in [-0.2, -0.15) is 4.31 Å². The summed E-state index contributed by atoms with van der Waals surface area (Å²) in [7, 11) is -3.62. The summed E-state index contributed by atoms with van der Waals surface area (Å²) in [5, 5.41) is 7.38. The van der Waals surface area contributed by atoms with Crippen LogP contribution in [0.25, 0.3) is 0 Å². The van der Waals surface area contributed by atoms with Crippen LogP contribution in [0.1, 0.15) is 48.7 Å². The molecule has 0 aliphatic carbocycles. The van der Waals surface area contributed by atoms with Crippen LogP contribution in [0.5, 0.6) is 5.75 Å². The zero-order chi connectivity index (χ0) is 23.0. The third kappa shape index (κ3) is 6.30. The van der Waals surface area contributed by atoms with Crippen molar-refractivity contribution in [3.63, 3.8) is 0 Å². The molecule has 2 heterocycles. The first-order valence-corrected chi connectivity index (χ1v) is 13.1. The highest BCUT2D eigenvalue weighted by atomic mass is 32.2. The average Bonchev–Trinajstić information content (AvgIpc) is 3.33. The number of piperidine rings is 1. The lowest BCUT2D eigenvalue weighted by atomic mass is 10.2. The SMILES string of the molecule is CCOc1ccc(S(=O)(=O)N2CCCCC2)cc1NC(=O)CCCNC(=O)c1cccs1. The van der Waals surface area contributed by atoms with Gasteiger partial charge in [-0.15, -0.1) is 11.3 Å². The highest BCUT2D eigenvalue weighted by molar-refractivity contribution is 7.89. The van der Waals surface area contributed by atoms with Crippen molar-refractivity contribution < 1.29 is 22.7 Å². The number of benzene rings is 1. The van der Waals surface area contributed by atoms with E-state index in [-0.39, 0.29) is 23.1 Å². The van der Waals surface area contributed by atoms with Gasteiger partial charge in [-0.3, -0.25) is 9.59 Å². The Bertz CT molecular complexity index is 1020. The van der Waals surface area contributed by atoms with E-state index in [2.05, 4.69) is 10.6 Å². The maximum Gasteiger partial charge on any atom is 0.261 e. The molecule has 32 heavy (non-hydrogen) atoms. The van der Waals surface area contributed by atoms with Crippen LogP contribution in [0.3, 0.4) is 0 Å². The minimum atomic E-state index is -3.62. The molecule has 0 saturated carbocycles. The number of anilines is 1. The first kappa shape index (κ1) is 24.2. The van der Waals surface area contributed by atoms with Crippen LogP contribution in [0.4, 0.5) is 5.69 Å². The number of carbonyl (C=O) groups is 2. The van der Waals surface area contributed by atoms with Gasteiger partial charge in [-0.1, -0.05) is 12.5 Å². The normalized spacial score (nSPS) is 14.7. The smallest absolute Gasteiger partial charge is 0.261 e. The molecule has 0 unspecified atom stereocenters. The van der Waals surface area contributed by atoms with Gasteiger partial charge in [0.2, 0.25) is 15.9 Å². The predicted molar refractivity (Wildman–Crippen MR) is 125 cm³/mol. The van der Waals surface area contributed by atoms with E-state index in [1.165, 1.54) is 27.8 Å². The van der Waals surface area contributed by atoms with Gasteiger partial charge < -0.3 is 15.4 Å². The van der Waals surface area contributed by atoms with Crippen molar-refractivity contribution in [1.29, 1.82) is 0 Å². The van der Waals surface area contributed by atoms with Gasteiger partial charge in [0.15, 0.2) is 0 Å². The van der Waals surface area contributed by atoms with Crippen molar-refractivity contribution in [2.75, 3.05) is 31.6 Å². The Morgan fingerprint density at radius 2 is 1.94 bits per heavy atom. The van der Waals surface area contributed by atoms with E-state index in [4.69, 9.17) is 4.74 Å². The van der Waals surface area contributed by atoms with Gasteiger partial charge in [0.25, 0.3) is 5.91 Å². The minimum absolute atomic E-state index is 0.140. The van der Waals surface area contributed by atoms with Crippen LogP contribution >= 0.6 is 11.3 Å². The molecule has 174 valence electrons. The van der Waals surface area contributed by atoms with E-state index in [0.29, 0.717) is 49.0 Å². The van der Waals surface area contributed by atoms with Crippen LogP contribution in [-0.4, -0.2) is 50.8 Å². The van der Waals surface area contributed by atoms with Crippen molar-refractivity contribution in [1.82, 2.24) is 9.62 Å². The predicted octanol–water partition coefficient (Wildman–Crippen LogP) is 3.47. The minimum Gasteiger partial charge on any atom is -0.492 e. The fourth-order valence-corrected chi connectivity index (χ4v) is 5.65. The van der Waals surface area contributed by atoms with E-state index < -0.39 is 10.0 Å². The molecule has 0 bridgehead atoms. The van der Waals surface area contributed by atoms with Gasteiger partial charge in [0, 0.05) is 26.1 Å². The number of nitrogens with one attached hydrogen (secondary N) is 2.